The third-order valence-electron chi connectivity index (χ3n) is 5.59. The number of hydrogen-bond donors (Lipinski definition) is 1. The van der Waals surface area contributed by atoms with Crippen molar-refractivity contribution in [1.29, 1.82) is 0 Å². The number of aryl methyl sites for hydroxylation is 2. The predicted molar refractivity (Wildman–Crippen MR) is 115 cm³/mol. The van der Waals surface area contributed by atoms with E-state index >= 15 is 0 Å². The van der Waals surface area contributed by atoms with Crippen molar-refractivity contribution in [3.05, 3.63) is 59.1 Å². The van der Waals surface area contributed by atoms with Crippen LogP contribution in [0.25, 0.3) is 21.3 Å². The molecule has 148 valence electrons. The summed E-state index contributed by atoms with van der Waals surface area (Å²) in [5, 5.41) is 7.53. The highest BCUT2D eigenvalue weighted by atomic mass is 32.1. The van der Waals surface area contributed by atoms with Crippen LogP contribution in [0.15, 0.2) is 46.6 Å². The lowest BCUT2D eigenvalue weighted by molar-refractivity contribution is -0.914. The van der Waals surface area contributed by atoms with Gasteiger partial charge in [-0.3, -0.25) is 0 Å². The Morgan fingerprint density at radius 1 is 1.10 bits per heavy atom. The molecule has 0 bridgehead atoms. The Kier molecular flexibility index (Phi) is 4.77. The van der Waals surface area contributed by atoms with Crippen LogP contribution < -0.4 is 9.80 Å². The fraction of sp³-hybridized carbons (Fsp3) is 0.318. The minimum atomic E-state index is 0.877. The van der Waals surface area contributed by atoms with Crippen molar-refractivity contribution >= 4 is 27.4 Å². The van der Waals surface area contributed by atoms with Gasteiger partial charge >= 0.3 is 0 Å². The van der Waals surface area contributed by atoms with Gasteiger partial charge in [0.1, 0.15) is 35.0 Å². The Labute approximate surface area is 173 Å². The van der Waals surface area contributed by atoms with E-state index in [9.17, 15) is 0 Å². The van der Waals surface area contributed by atoms with Crippen LogP contribution in [-0.4, -0.2) is 41.3 Å². The van der Waals surface area contributed by atoms with Gasteiger partial charge in [-0.25, -0.2) is 9.97 Å². The highest BCUT2D eigenvalue weighted by Crippen LogP contribution is 2.37. The Bertz CT molecular complexity index is 1130. The molecule has 0 spiro atoms. The fourth-order valence-electron chi connectivity index (χ4n) is 4.01. The smallest absolute Gasteiger partial charge is 0.141 e. The minimum Gasteiger partial charge on any atom is -0.361 e. The molecule has 1 N–H and O–H groups in total. The Balaban J connectivity index is 1.39. The molecule has 5 rings (SSSR count). The summed E-state index contributed by atoms with van der Waals surface area (Å²) >= 11 is 1.69. The SMILES string of the molecule is Cc1ccc(-c2csc3ncnc(N4CC[NH+](Cc5cc(C)on5)CC4)c23)cc1. The summed E-state index contributed by atoms with van der Waals surface area (Å²) in [5.41, 5.74) is 4.76. The first kappa shape index (κ1) is 18.3. The summed E-state index contributed by atoms with van der Waals surface area (Å²) in [6, 6.07) is 10.7. The van der Waals surface area contributed by atoms with Crippen molar-refractivity contribution in [3.8, 4) is 11.1 Å². The van der Waals surface area contributed by atoms with Gasteiger partial charge < -0.3 is 14.3 Å². The molecule has 29 heavy (non-hydrogen) atoms. The first-order valence-corrected chi connectivity index (χ1v) is 10.9. The largest absolute Gasteiger partial charge is 0.361 e. The number of piperazine rings is 1. The molecule has 4 aromatic rings. The van der Waals surface area contributed by atoms with Crippen molar-refractivity contribution in [2.75, 3.05) is 31.1 Å². The molecule has 0 aliphatic carbocycles. The summed E-state index contributed by atoms with van der Waals surface area (Å²) < 4.78 is 5.21. The Morgan fingerprint density at radius 2 is 1.90 bits per heavy atom. The highest BCUT2D eigenvalue weighted by molar-refractivity contribution is 7.17. The van der Waals surface area contributed by atoms with Gasteiger partial charge in [0.05, 0.1) is 31.6 Å². The van der Waals surface area contributed by atoms with Gasteiger partial charge in [0.15, 0.2) is 0 Å². The average Bonchev–Trinajstić information content (AvgIpc) is 3.35. The second-order valence-electron chi connectivity index (χ2n) is 7.74. The molecule has 0 amide bonds. The third-order valence-corrected chi connectivity index (χ3v) is 6.48. The molecule has 7 heteroatoms. The topological polar surface area (TPSA) is 59.5 Å². The molecule has 4 heterocycles. The van der Waals surface area contributed by atoms with Crippen LogP contribution in [0.4, 0.5) is 5.82 Å². The maximum atomic E-state index is 5.21. The van der Waals surface area contributed by atoms with Crippen LogP contribution in [-0.2, 0) is 6.54 Å². The van der Waals surface area contributed by atoms with Crippen LogP contribution >= 0.6 is 11.3 Å². The molecule has 0 radical (unpaired) electrons. The lowest BCUT2D eigenvalue weighted by Gasteiger charge is -2.32. The van der Waals surface area contributed by atoms with Gasteiger partial charge in [0, 0.05) is 17.0 Å². The Hall–Kier alpha value is -2.77. The zero-order chi connectivity index (χ0) is 19.8. The first-order valence-electron chi connectivity index (χ1n) is 9.97. The number of nitrogens with one attached hydrogen (secondary N) is 1. The van der Waals surface area contributed by atoms with Gasteiger partial charge in [0.2, 0.25) is 0 Å². The van der Waals surface area contributed by atoms with Crippen LogP contribution in [0.5, 0.6) is 0 Å². The molecular weight excluding hydrogens is 382 g/mol. The van der Waals surface area contributed by atoms with E-state index < -0.39 is 0 Å². The fourth-order valence-corrected chi connectivity index (χ4v) is 4.92. The molecule has 1 fully saturated rings. The van der Waals surface area contributed by atoms with Crippen molar-refractivity contribution in [3.63, 3.8) is 0 Å². The van der Waals surface area contributed by atoms with E-state index in [1.165, 1.54) is 27.0 Å². The molecule has 1 aliphatic heterocycles. The molecule has 1 aromatic carbocycles. The molecule has 0 atom stereocenters. The predicted octanol–water partition coefficient (Wildman–Crippen LogP) is 2.87. The van der Waals surface area contributed by atoms with Crippen molar-refractivity contribution in [2.24, 2.45) is 0 Å². The number of nitrogens with zero attached hydrogens (tertiary/aromatic N) is 4. The van der Waals surface area contributed by atoms with E-state index in [1.54, 1.807) is 17.7 Å². The summed E-state index contributed by atoms with van der Waals surface area (Å²) in [7, 11) is 0. The molecule has 0 saturated carbocycles. The van der Waals surface area contributed by atoms with Crippen LogP contribution in [0.1, 0.15) is 17.0 Å². The molecule has 0 unspecified atom stereocenters. The lowest BCUT2D eigenvalue weighted by atomic mass is 10.0. The summed E-state index contributed by atoms with van der Waals surface area (Å²) in [4.78, 5) is 14.2. The van der Waals surface area contributed by atoms with E-state index in [1.807, 2.05) is 13.0 Å². The number of rotatable bonds is 4. The summed E-state index contributed by atoms with van der Waals surface area (Å²) in [6.45, 7) is 9.03. The molecule has 6 nitrogen and oxygen atoms in total. The van der Waals surface area contributed by atoms with Crippen molar-refractivity contribution in [1.82, 2.24) is 15.1 Å². The standard InChI is InChI=1S/C22H23N5OS/c1-15-3-5-17(6-4-15)19-13-29-22-20(19)21(23-14-24-22)27-9-7-26(8-10-27)12-18-11-16(2)28-25-18/h3-6,11,13-14H,7-10,12H2,1-2H3/p+1. The van der Waals surface area contributed by atoms with Gasteiger partial charge in [-0.2, -0.15) is 0 Å². The summed E-state index contributed by atoms with van der Waals surface area (Å²) in [5.74, 6) is 1.94. The summed E-state index contributed by atoms with van der Waals surface area (Å²) in [6.07, 6.45) is 1.70. The lowest BCUT2D eigenvalue weighted by Crippen LogP contribution is -3.13. The van der Waals surface area contributed by atoms with E-state index in [-0.39, 0.29) is 0 Å². The Morgan fingerprint density at radius 3 is 2.62 bits per heavy atom. The second-order valence-corrected chi connectivity index (χ2v) is 8.59. The molecule has 3 aromatic heterocycles. The minimum absolute atomic E-state index is 0.877. The third kappa shape index (κ3) is 3.63. The zero-order valence-electron chi connectivity index (χ0n) is 16.7. The quantitative estimate of drug-likeness (QED) is 0.565. The van der Waals surface area contributed by atoms with Gasteiger partial charge in [0.25, 0.3) is 0 Å². The molecule has 1 aliphatic rings. The van der Waals surface area contributed by atoms with E-state index in [0.29, 0.717) is 0 Å². The van der Waals surface area contributed by atoms with Crippen molar-refractivity contribution < 1.29 is 9.42 Å². The number of benzene rings is 1. The normalized spacial score (nSPS) is 15.3. The number of anilines is 1. The van der Waals surface area contributed by atoms with Crippen molar-refractivity contribution in [2.45, 2.75) is 20.4 Å². The number of aromatic nitrogens is 3. The van der Waals surface area contributed by atoms with E-state index in [4.69, 9.17) is 9.51 Å². The monoisotopic (exact) mass is 406 g/mol. The zero-order valence-corrected chi connectivity index (χ0v) is 17.5. The first-order chi connectivity index (χ1) is 14.2. The van der Waals surface area contributed by atoms with Gasteiger partial charge in [-0.15, -0.1) is 11.3 Å². The average molecular weight is 407 g/mol. The number of quaternary nitrogens is 1. The number of thiophene rings is 1. The highest BCUT2D eigenvalue weighted by Gasteiger charge is 2.25. The maximum absolute atomic E-state index is 5.21. The number of fused-ring (bicyclic) bond motifs is 1. The van der Waals surface area contributed by atoms with Crippen LogP contribution in [0.3, 0.4) is 0 Å². The maximum Gasteiger partial charge on any atom is 0.141 e. The van der Waals surface area contributed by atoms with Gasteiger partial charge in [-0.05, 0) is 19.4 Å². The van der Waals surface area contributed by atoms with Gasteiger partial charge in [-0.1, -0.05) is 35.0 Å². The van der Waals surface area contributed by atoms with E-state index in [2.05, 4.69) is 51.6 Å². The number of hydrogen-bond acceptors (Lipinski definition) is 6. The second kappa shape index (κ2) is 7.57. The van der Waals surface area contributed by atoms with E-state index in [0.717, 1.165) is 54.8 Å². The van der Waals surface area contributed by atoms with Crippen LogP contribution in [0, 0.1) is 13.8 Å². The van der Waals surface area contributed by atoms with Crippen LogP contribution in [0.2, 0.25) is 0 Å². The molecular formula is C22H24N5OS+. The molecule has 1 saturated heterocycles.